The molecule has 2 aromatic carbocycles. The number of piperidine rings is 1. The highest BCUT2D eigenvalue weighted by Gasteiger charge is 2.26. The normalized spacial score (nSPS) is 14.7. The van der Waals surface area contributed by atoms with E-state index < -0.39 is 17.9 Å². The van der Waals surface area contributed by atoms with Crippen molar-refractivity contribution in [2.75, 3.05) is 18.4 Å². The molecule has 0 radical (unpaired) electrons. The Morgan fingerprint density at radius 2 is 1.67 bits per heavy atom. The molecule has 1 saturated heterocycles. The lowest BCUT2D eigenvalue weighted by Gasteiger charge is -2.29. The van der Waals surface area contributed by atoms with Crippen LogP contribution in [0.2, 0.25) is 0 Å². The second kappa shape index (κ2) is 8.22. The monoisotopic (exact) mass is 368 g/mol. The van der Waals surface area contributed by atoms with Gasteiger partial charge in [-0.05, 0) is 49.9 Å². The van der Waals surface area contributed by atoms with Gasteiger partial charge in [0.05, 0.1) is 11.8 Å². The van der Waals surface area contributed by atoms with Gasteiger partial charge in [-0.15, -0.1) is 0 Å². The molecular weight excluding hydrogens is 344 g/mol. The van der Waals surface area contributed by atoms with Crippen LogP contribution in [0.5, 0.6) is 11.5 Å². The first-order valence-corrected chi connectivity index (χ1v) is 9.07. The Balaban J connectivity index is 1.74. The van der Waals surface area contributed by atoms with Crippen molar-refractivity contribution in [1.82, 2.24) is 4.90 Å². The Labute approximate surface area is 158 Å². The minimum absolute atomic E-state index is 0.383. The molecule has 2 amide bonds. The van der Waals surface area contributed by atoms with E-state index in [1.807, 2.05) is 38.1 Å². The van der Waals surface area contributed by atoms with Crippen LogP contribution in [0.25, 0.3) is 0 Å². The fourth-order valence-corrected chi connectivity index (χ4v) is 3.12. The van der Waals surface area contributed by atoms with Gasteiger partial charge in [-0.1, -0.05) is 30.3 Å². The van der Waals surface area contributed by atoms with Crippen molar-refractivity contribution in [2.45, 2.75) is 32.8 Å². The average molecular weight is 368 g/mol. The summed E-state index contributed by atoms with van der Waals surface area (Å²) in [4.78, 5) is 26.3. The van der Waals surface area contributed by atoms with Crippen molar-refractivity contribution in [3.8, 4) is 11.5 Å². The van der Waals surface area contributed by atoms with Gasteiger partial charge in [-0.2, -0.15) is 0 Å². The van der Waals surface area contributed by atoms with Crippen molar-refractivity contribution in [1.29, 1.82) is 0 Å². The van der Waals surface area contributed by atoms with E-state index in [0.29, 0.717) is 37.4 Å². The molecule has 1 aliphatic rings. The van der Waals surface area contributed by atoms with E-state index in [0.717, 1.165) is 16.9 Å². The average Bonchev–Trinajstić information content (AvgIpc) is 2.66. The molecule has 1 aliphatic heterocycles. The Morgan fingerprint density at radius 1 is 1.04 bits per heavy atom. The van der Waals surface area contributed by atoms with E-state index in [9.17, 15) is 14.7 Å². The van der Waals surface area contributed by atoms with Crippen molar-refractivity contribution in [3.63, 3.8) is 0 Å². The van der Waals surface area contributed by atoms with Crippen LogP contribution >= 0.6 is 0 Å². The lowest BCUT2D eigenvalue weighted by atomic mass is 10.1. The Kier molecular flexibility index (Phi) is 5.76. The molecule has 142 valence electrons. The maximum atomic E-state index is 12.4. The third kappa shape index (κ3) is 4.46. The van der Waals surface area contributed by atoms with Crippen LogP contribution in [-0.2, 0) is 9.59 Å². The number of nitrogens with zero attached hydrogens (tertiary/aromatic N) is 1. The van der Waals surface area contributed by atoms with Crippen molar-refractivity contribution >= 4 is 17.5 Å². The number of carbonyl (C=O) groups excluding carboxylic acids is 2. The molecule has 0 spiro atoms. The zero-order valence-corrected chi connectivity index (χ0v) is 15.6. The van der Waals surface area contributed by atoms with Crippen LogP contribution in [0.3, 0.4) is 0 Å². The van der Waals surface area contributed by atoms with Gasteiger partial charge in [-0.3, -0.25) is 9.59 Å². The van der Waals surface area contributed by atoms with Crippen molar-refractivity contribution < 1.29 is 19.4 Å². The number of para-hydroxylation sites is 3. The molecule has 3 rings (SSSR count). The number of rotatable bonds is 3. The lowest BCUT2D eigenvalue weighted by Crippen LogP contribution is -2.45. The minimum Gasteiger partial charge on any atom is -0.455 e. The molecule has 1 fully saturated rings. The van der Waals surface area contributed by atoms with E-state index in [2.05, 4.69) is 5.32 Å². The fourth-order valence-electron chi connectivity index (χ4n) is 3.12. The van der Waals surface area contributed by atoms with Gasteiger partial charge in [0.2, 0.25) is 0 Å². The lowest BCUT2D eigenvalue weighted by molar-refractivity contribution is -0.144. The fraction of sp³-hybridized carbons (Fsp3) is 0.333. The number of amides is 2. The summed E-state index contributed by atoms with van der Waals surface area (Å²) in [6.45, 7) is 4.68. The summed E-state index contributed by atoms with van der Waals surface area (Å²) >= 11 is 0. The quantitative estimate of drug-likeness (QED) is 0.817. The van der Waals surface area contributed by atoms with Crippen molar-refractivity contribution in [2.24, 2.45) is 0 Å². The van der Waals surface area contributed by atoms with Crippen LogP contribution in [0.1, 0.15) is 24.0 Å². The molecule has 27 heavy (non-hydrogen) atoms. The summed E-state index contributed by atoms with van der Waals surface area (Å²) in [5, 5.41) is 12.2. The van der Waals surface area contributed by atoms with E-state index in [1.165, 1.54) is 4.90 Å². The number of anilines is 1. The molecule has 0 aliphatic carbocycles. The minimum atomic E-state index is -0.705. The number of benzene rings is 2. The molecule has 0 unspecified atom stereocenters. The molecule has 6 nitrogen and oxygen atoms in total. The van der Waals surface area contributed by atoms with Gasteiger partial charge in [0.25, 0.3) is 0 Å². The van der Waals surface area contributed by atoms with Gasteiger partial charge in [0, 0.05) is 13.1 Å². The zero-order valence-electron chi connectivity index (χ0n) is 15.6. The number of hydrogen-bond donors (Lipinski definition) is 2. The van der Waals surface area contributed by atoms with Gasteiger partial charge < -0.3 is 20.1 Å². The van der Waals surface area contributed by atoms with E-state index in [4.69, 9.17) is 4.74 Å². The van der Waals surface area contributed by atoms with Crippen LogP contribution in [0.4, 0.5) is 5.69 Å². The first kappa shape index (κ1) is 18.9. The summed E-state index contributed by atoms with van der Waals surface area (Å²) < 4.78 is 6.04. The van der Waals surface area contributed by atoms with Gasteiger partial charge >= 0.3 is 11.8 Å². The van der Waals surface area contributed by atoms with E-state index in [-0.39, 0.29) is 0 Å². The number of hydrogen-bond acceptors (Lipinski definition) is 4. The standard InChI is InChI=1S/C21H24N2O4/c1-14-6-5-7-15(2)19(14)27-18-9-4-3-8-17(18)22-20(25)21(26)23-12-10-16(24)11-13-23/h3-9,16,24H,10-13H2,1-2H3,(H,22,25). The molecule has 1 heterocycles. The van der Waals surface area contributed by atoms with Crippen LogP contribution in [0.15, 0.2) is 42.5 Å². The number of ether oxygens (including phenoxy) is 1. The maximum absolute atomic E-state index is 12.4. The predicted octanol–water partition coefficient (Wildman–Crippen LogP) is 3.02. The number of carbonyl (C=O) groups is 2. The highest BCUT2D eigenvalue weighted by atomic mass is 16.5. The molecule has 2 N–H and O–H groups in total. The number of nitrogens with one attached hydrogen (secondary N) is 1. The largest absolute Gasteiger partial charge is 0.455 e. The second-order valence-electron chi connectivity index (χ2n) is 6.80. The highest BCUT2D eigenvalue weighted by molar-refractivity contribution is 6.39. The Bertz CT molecular complexity index is 822. The summed E-state index contributed by atoms with van der Waals surface area (Å²) in [5.74, 6) is -0.0895. The Morgan fingerprint density at radius 3 is 2.33 bits per heavy atom. The highest BCUT2D eigenvalue weighted by Crippen LogP contribution is 2.33. The number of aliphatic hydroxyl groups excluding tert-OH is 1. The van der Waals surface area contributed by atoms with Gasteiger partial charge in [0.15, 0.2) is 5.75 Å². The molecule has 0 atom stereocenters. The van der Waals surface area contributed by atoms with Gasteiger partial charge in [-0.25, -0.2) is 0 Å². The Hall–Kier alpha value is -2.86. The number of likely N-dealkylation sites (tertiary alicyclic amines) is 1. The molecular formula is C21H24N2O4. The van der Waals surface area contributed by atoms with Crippen LogP contribution in [-0.4, -0.2) is 41.0 Å². The molecule has 0 saturated carbocycles. The second-order valence-corrected chi connectivity index (χ2v) is 6.80. The van der Waals surface area contributed by atoms with Gasteiger partial charge in [0.1, 0.15) is 5.75 Å². The SMILES string of the molecule is Cc1cccc(C)c1Oc1ccccc1NC(=O)C(=O)N1CCC(O)CC1. The van der Waals surface area contributed by atoms with Crippen molar-refractivity contribution in [3.05, 3.63) is 53.6 Å². The number of aryl methyl sites for hydroxylation is 2. The van der Waals surface area contributed by atoms with Crippen LogP contribution in [0, 0.1) is 13.8 Å². The summed E-state index contributed by atoms with van der Waals surface area (Å²) in [6, 6.07) is 12.9. The smallest absolute Gasteiger partial charge is 0.314 e. The van der Waals surface area contributed by atoms with E-state index in [1.54, 1.807) is 18.2 Å². The number of aliphatic hydroxyl groups is 1. The molecule has 0 bridgehead atoms. The molecule has 0 aromatic heterocycles. The van der Waals surface area contributed by atoms with Crippen LogP contribution < -0.4 is 10.1 Å². The topological polar surface area (TPSA) is 78.9 Å². The maximum Gasteiger partial charge on any atom is 0.314 e. The summed E-state index contributed by atoms with van der Waals surface area (Å²) in [7, 11) is 0. The first-order chi connectivity index (χ1) is 13.0. The molecule has 2 aromatic rings. The zero-order chi connectivity index (χ0) is 19.4. The molecule has 6 heteroatoms. The predicted molar refractivity (Wildman–Crippen MR) is 103 cm³/mol. The first-order valence-electron chi connectivity index (χ1n) is 9.07. The van der Waals surface area contributed by atoms with E-state index >= 15 is 0 Å². The summed E-state index contributed by atoms with van der Waals surface area (Å²) in [6.07, 6.45) is 0.583. The third-order valence-corrected chi connectivity index (χ3v) is 4.70. The summed E-state index contributed by atoms with van der Waals surface area (Å²) in [5.41, 5.74) is 2.41. The third-order valence-electron chi connectivity index (χ3n) is 4.70.